The fourth-order valence-corrected chi connectivity index (χ4v) is 2.96. The minimum Gasteiger partial charge on any atom is -0.398 e. The predicted octanol–water partition coefficient (Wildman–Crippen LogP) is 4.51. The number of anilines is 2. The molecule has 1 amide bonds. The van der Waals surface area contributed by atoms with E-state index >= 15 is 0 Å². The first kappa shape index (κ1) is 15.3. The van der Waals surface area contributed by atoms with Crippen molar-refractivity contribution in [3.8, 4) is 0 Å². The van der Waals surface area contributed by atoms with Crippen LogP contribution in [0.25, 0.3) is 0 Å². The average Bonchev–Trinajstić information content (AvgIpc) is 2.39. The van der Waals surface area contributed by atoms with Crippen molar-refractivity contribution >= 4 is 55.8 Å². The van der Waals surface area contributed by atoms with Gasteiger partial charge >= 0.3 is 0 Å². The van der Waals surface area contributed by atoms with E-state index in [0.717, 1.165) is 19.2 Å². The number of nitrogen functional groups attached to an aromatic ring is 1. The number of rotatable bonds is 2. The fourth-order valence-electron chi connectivity index (χ4n) is 1.80. The smallest absolute Gasteiger partial charge is 0.256 e. The molecule has 20 heavy (non-hydrogen) atoms. The van der Waals surface area contributed by atoms with E-state index in [9.17, 15) is 4.79 Å². The molecule has 0 radical (unpaired) electrons. The first-order chi connectivity index (χ1) is 9.40. The van der Waals surface area contributed by atoms with Crippen LogP contribution in [-0.4, -0.2) is 5.91 Å². The number of halogens is 2. The van der Waals surface area contributed by atoms with Gasteiger partial charge in [0.05, 0.1) is 11.3 Å². The Morgan fingerprint density at radius 3 is 2.65 bits per heavy atom. The van der Waals surface area contributed by atoms with Gasteiger partial charge in [0.1, 0.15) is 0 Å². The van der Waals surface area contributed by atoms with Crippen molar-refractivity contribution in [2.24, 2.45) is 0 Å². The highest BCUT2D eigenvalue weighted by Gasteiger charge is 2.13. The molecule has 3 N–H and O–H groups in total. The predicted molar refractivity (Wildman–Crippen MR) is 95.1 cm³/mol. The van der Waals surface area contributed by atoms with Gasteiger partial charge < -0.3 is 11.1 Å². The van der Waals surface area contributed by atoms with Gasteiger partial charge in [0.25, 0.3) is 5.91 Å². The van der Waals surface area contributed by atoms with Gasteiger partial charge in [-0.15, -0.1) is 0 Å². The lowest BCUT2D eigenvalue weighted by atomic mass is 10.1. The highest BCUT2D eigenvalue weighted by molar-refractivity contribution is 14.1. The maximum atomic E-state index is 12.4. The maximum absolute atomic E-state index is 12.4. The van der Waals surface area contributed by atoms with Gasteiger partial charge in [-0.05, 0) is 81.7 Å². The Morgan fingerprint density at radius 2 is 1.95 bits per heavy atom. The van der Waals surface area contributed by atoms with Crippen LogP contribution in [0.2, 0.25) is 0 Å². The average molecular weight is 445 g/mol. The summed E-state index contributed by atoms with van der Waals surface area (Å²) in [6.45, 7) is 3.91. The summed E-state index contributed by atoms with van der Waals surface area (Å²) in [4.78, 5) is 12.4. The lowest BCUT2D eigenvalue weighted by Crippen LogP contribution is -2.14. The van der Waals surface area contributed by atoms with Gasteiger partial charge in [-0.3, -0.25) is 4.79 Å². The highest BCUT2D eigenvalue weighted by atomic mass is 127. The molecule has 104 valence electrons. The van der Waals surface area contributed by atoms with E-state index in [4.69, 9.17) is 5.73 Å². The number of amides is 1. The molecule has 0 saturated heterocycles. The van der Waals surface area contributed by atoms with Crippen molar-refractivity contribution in [2.75, 3.05) is 11.1 Å². The second-order valence-corrected chi connectivity index (χ2v) is 6.51. The molecule has 2 aromatic carbocycles. The van der Waals surface area contributed by atoms with E-state index in [2.05, 4.69) is 43.8 Å². The molecule has 5 heteroatoms. The summed E-state index contributed by atoms with van der Waals surface area (Å²) in [7, 11) is 0. The second-order valence-electron chi connectivity index (χ2n) is 4.58. The summed E-state index contributed by atoms with van der Waals surface area (Å²) < 4.78 is 1.78. The summed E-state index contributed by atoms with van der Waals surface area (Å²) in [5.74, 6) is -0.137. The third kappa shape index (κ3) is 3.15. The zero-order chi connectivity index (χ0) is 14.9. The molecule has 0 heterocycles. The van der Waals surface area contributed by atoms with Gasteiger partial charge in [-0.2, -0.15) is 0 Å². The number of hydrogen-bond donors (Lipinski definition) is 2. The number of nitrogens with one attached hydrogen (secondary N) is 1. The fraction of sp³-hybridized carbons (Fsp3) is 0.133. The molecule has 0 saturated carbocycles. The number of hydrogen-bond acceptors (Lipinski definition) is 2. The highest BCUT2D eigenvalue weighted by Crippen LogP contribution is 2.28. The Morgan fingerprint density at radius 1 is 1.25 bits per heavy atom. The molecule has 3 nitrogen and oxygen atoms in total. The minimum atomic E-state index is -0.137. The molecule has 0 atom stereocenters. The van der Waals surface area contributed by atoms with Crippen LogP contribution in [0.3, 0.4) is 0 Å². The van der Waals surface area contributed by atoms with Crippen LogP contribution < -0.4 is 11.1 Å². The quantitative estimate of drug-likeness (QED) is 0.529. The van der Waals surface area contributed by atoms with Crippen LogP contribution in [0.5, 0.6) is 0 Å². The lowest BCUT2D eigenvalue weighted by Gasteiger charge is -2.12. The number of nitrogens with two attached hydrogens (primary N) is 1. The van der Waals surface area contributed by atoms with Crippen molar-refractivity contribution in [1.82, 2.24) is 0 Å². The van der Waals surface area contributed by atoms with Gasteiger partial charge in [0.2, 0.25) is 0 Å². The van der Waals surface area contributed by atoms with Gasteiger partial charge in [-0.25, -0.2) is 0 Å². The Kier molecular flexibility index (Phi) is 4.70. The van der Waals surface area contributed by atoms with E-state index in [-0.39, 0.29) is 5.91 Å². The number of carbonyl (C=O) groups excluding carboxylic acids is 1. The molecular formula is C15H14BrIN2O. The zero-order valence-corrected chi connectivity index (χ0v) is 14.9. The van der Waals surface area contributed by atoms with E-state index in [1.54, 1.807) is 6.07 Å². The minimum absolute atomic E-state index is 0.137. The summed E-state index contributed by atoms with van der Waals surface area (Å²) in [5, 5.41) is 2.89. The molecule has 0 aliphatic heterocycles. The SMILES string of the molecule is Cc1cc(Br)c(NC(=O)c2cccc(C)c2I)cc1N. The van der Waals surface area contributed by atoms with Crippen molar-refractivity contribution in [1.29, 1.82) is 0 Å². The Balaban J connectivity index is 2.33. The molecule has 0 aliphatic rings. The van der Waals surface area contributed by atoms with E-state index in [1.165, 1.54) is 0 Å². The Bertz CT molecular complexity index is 686. The van der Waals surface area contributed by atoms with Crippen LogP contribution in [0, 0.1) is 17.4 Å². The van der Waals surface area contributed by atoms with E-state index in [0.29, 0.717) is 16.9 Å². The Hall–Kier alpha value is -1.08. The first-order valence-corrected chi connectivity index (χ1v) is 7.89. The van der Waals surface area contributed by atoms with E-state index in [1.807, 2.05) is 38.1 Å². The van der Waals surface area contributed by atoms with Gasteiger partial charge in [0.15, 0.2) is 0 Å². The maximum Gasteiger partial charge on any atom is 0.256 e. The van der Waals surface area contributed by atoms with Crippen LogP contribution in [0.4, 0.5) is 11.4 Å². The second kappa shape index (κ2) is 6.13. The standard InChI is InChI=1S/C15H14BrIN2O/c1-8-4-3-5-10(14(8)17)15(20)19-13-7-12(18)9(2)6-11(13)16/h3-7H,18H2,1-2H3,(H,19,20). The molecule has 0 unspecified atom stereocenters. The molecule has 0 spiro atoms. The first-order valence-electron chi connectivity index (χ1n) is 6.02. The summed E-state index contributed by atoms with van der Waals surface area (Å²) in [6, 6.07) is 9.34. The van der Waals surface area contributed by atoms with Crippen LogP contribution in [0.1, 0.15) is 21.5 Å². The summed E-state index contributed by atoms with van der Waals surface area (Å²) >= 11 is 5.63. The monoisotopic (exact) mass is 444 g/mol. The molecule has 2 rings (SSSR count). The van der Waals surface area contributed by atoms with E-state index < -0.39 is 0 Å². The number of carbonyl (C=O) groups is 1. The van der Waals surface area contributed by atoms with Crippen molar-refractivity contribution < 1.29 is 4.79 Å². The lowest BCUT2D eigenvalue weighted by molar-refractivity contribution is 0.102. The zero-order valence-electron chi connectivity index (χ0n) is 11.1. The molecule has 0 fully saturated rings. The van der Waals surface area contributed by atoms with Crippen molar-refractivity contribution in [3.05, 3.63) is 55.1 Å². The third-order valence-electron chi connectivity index (χ3n) is 3.04. The molecule has 2 aromatic rings. The summed E-state index contributed by atoms with van der Waals surface area (Å²) in [6.07, 6.45) is 0. The Labute approximate surface area is 140 Å². The normalized spacial score (nSPS) is 10.4. The largest absolute Gasteiger partial charge is 0.398 e. The topological polar surface area (TPSA) is 55.1 Å². The van der Waals surface area contributed by atoms with Crippen LogP contribution in [-0.2, 0) is 0 Å². The van der Waals surface area contributed by atoms with Crippen molar-refractivity contribution in [2.45, 2.75) is 13.8 Å². The van der Waals surface area contributed by atoms with Crippen molar-refractivity contribution in [3.63, 3.8) is 0 Å². The molecule has 0 aromatic heterocycles. The molecule has 0 aliphatic carbocycles. The summed E-state index contributed by atoms with van der Waals surface area (Å²) in [5.41, 5.74) is 9.94. The molecule has 0 bridgehead atoms. The number of aryl methyl sites for hydroxylation is 2. The third-order valence-corrected chi connectivity index (χ3v) is 5.13. The van der Waals surface area contributed by atoms with Crippen LogP contribution in [0.15, 0.2) is 34.8 Å². The van der Waals surface area contributed by atoms with Gasteiger partial charge in [-0.1, -0.05) is 12.1 Å². The molecular weight excluding hydrogens is 431 g/mol. The number of benzene rings is 2. The van der Waals surface area contributed by atoms with Crippen LogP contribution >= 0.6 is 38.5 Å². The van der Waals surface area contributed by atoms with Gasteiger partial charge in [0, 0.05) is 13.7 Å².